The molecule has 0 N–H and O–H groups in total. The van der Waals surface area contributed by atoms with Crippen LogP contribution in [0.25, 0.3) is 0 Å². The standard InChI is InChI=1S/C32H51O3P/c1-6-33-25-15-22-32(21-13-14-28-36(5)31(2,3)4,24-27-35-30-19-11-8-12-20-30)23-16-26-34-29-17-9-7-10-18-29/h7-12,17-20H,6,13-16,21-28H2,1-5H3. The Labute approximate surface area is 223 Å². The maximum absolute atomic E-state index is 6.19. The van der Waals surface area contributed by atoms with E-state index in [-0.39, 0.29) is 13.3 Å². The molecule has 2 rings (SSSR count). The number of unbranched alkanes of at least 4 members (excludes halogenated alkanes) is 1. The third kappa shape index (κ3) is 12.6. The topological polar surface area (TPSA) is 27.7 Å². The van der Waals surface area contributed by atoms with Crippen LogP contribution in [0.3, 0.4) is 0 Å². The fourth-order valence-corrected chi connectivity index (χ4v) is 6.05. The van der Waals surface area contributed by atoms with Gasteiger partial charge in [0.15, 0.2) is 0 Å². The highest BCUT2D eigenvalue weighted by atomic mass is 31.1. The molecule has 0 aromatic heterocycles. The van der Waals surface area contributed by atoms with Gasteiger partial charge >= 0.3 is 0 Å². The quantitative estimate of drug-likeness (QED) is 0.138. The van der Waals surface area contributed by atoms with E-state index in [4.69, 9.17) is 14.2 Å². The smallest absolute Gasteiger partial charge is 0.119 e. The van der Waals surface area contributed by atoms with Crippen LogP contribution in [0, 0.1) is 5.41 Å². The fourth-order valence-electron chi connectivity index (χ4n) is 4.68. The molecule has 0 amide bonds. The number of rotatable bonds is 19. The van der Waals surface area contributed by atoms with E-state index in [0.717, 1.165) is 57.2 Å². The van der Waals surface area contributed by atoms with Gasteiger partial charge in [-0.05, 0) is 99.5 Å². The number of benzene rings is 2. The van der Waals surface area contributed by atoms with Crippen LogP contribution in [0.15, 0.2) is 60.7 Å². The van der Waals surface area contributed by atoms with E-state index in [1.807, 2.05) is 48.5 Å². The molecule has 2 aromatic rings. The van der Waals surface area contributed by atoms with Crippen molar-refractivity contribution in [2.45, 2.75) is 84.2 Å². The second kappa shape index (κ2) is 17.0. The minimum Gasteiger partial charge on any atom is -0.494 e. The molecule has 0 bridgehead atoms. The Hall–Kier alpha value is -1.57. The van der Waals surface area contributed by atoms with Crippen molar-refractivity contribution in [3.63, 3.8) is 0 Å². The van der Waals surface area contributed by atoms with Crippen molar-refractivity contribution in [2.75, 3.05) is 39.3 Å². The van der Waals surface area contributed by atoms with Gasteiger partial charge in [0.25, 0.3) is 0 Å². The van der Waals surface area contributed by atoms with Crippen LogP contribution in [0.4, 0.5) is 0 Å². The minimum atomic E-state index is 0.0696. The van der Waals surface area contributed by atoms with Crippen molar-refractivity contribution in [3.05, 3.63) is 60.7 Å². The van der Waals surface area contributed by atoms with Gasteiger partial charge in [-0.2, -0.15) is 0 Å². The maximum atomic E-state index is 6.19. The molecule has 0 aliphatic heterocycles. The van der Waals surface area contributed by atoms with Crippen molar-refractivity contribution < 1.29 is 14.2 Å². The summed E-state index contributed by atoms with van der Waals surface area (Å²) in [6, 6.07) is 20.4. The van der Waals surface area contributed by atoms with Gasteiger partial charge in [0.2, 0.25) is 0 Å². The van der Waals surface area contributed by atoms with E-state index in [1.165, 1.54) is 38.3 Å². The van der Waals surface area contributed by atoms with Gasteiger partial charge in [0.05, 0.1) is 13.2 Å². The number of hydrogen-bond donors (Lipinski definition) is 0. The summed E-state index contributed by atoms with van der Waals surface area (Å²) < 4.78 is 18.0. The summed E-state index contributed by atoms with van der Waals surface area (Å²) >= 11 is 0. The second-order valence-corrected chi connectivity index (χ2v) is 14.2. The van der Waals surface area contributed by atoms with Crippen molar-refractivity contribution in [3.8, 4) is 11.5 Å². The van der Waals surface area contributed by atoms with Crippen molar-refractivity contribution in [2.24, 2.45) is 5.41 Å². The first kappa shape index (κ1) is 30.7. The molecule has 2 atom stereocenters. The molecule has 0 fully saturated rings. The van der Waals surface area contributed by atoms with Crippen LogP contribution < -0.4 is 9.47 Å². The van der Waals surface area contributed by atoms with Crippen molar-refractivity contribution >= 4 is 7.92 Å². The lowest BCUT2D eigenvalue weighted by Gasteiger charge is -2.35. The Bertz CT molecular complexity index is 790. The van der Waals surface area contributed by atoms with Crippen molar-refractivity contribution in [1.29, 1.82) is 0 Å². The lowest BCUT2D eigenvalue weighted by atomic mass is 9.73. The molecule has 0 saturated heterocycles. The SMILES string of the molecule is CCOCCCC(CCCCP(C)C(C)(C)C)(CCCOc1ccccc1)CCOc1ccccc1. The zero-order valence-corrected chi connectivity index (χ0v) is 24.5. The Kier molecular flexibility index (Phi) is 14.5. The van der Waals surface area contributed by atoms with E-state index < -0.39 is 0 Å². The molecule has 0 aliphatic rings. The van der Waals surface area contributed by atoms with E-state index in [0.29, 0.717) is 5.16 Å². The van der Waals surface area contributed by atoms with Crippen LogP contribution in [0.1, 0.15) is 79.1 Å². The molecule has 0 heterocycles. The van der Waals surface area contributed by atoms with E-state index >= 15 is 0 Å². The monoisotopic (exact) mass is 514 g/mol. The molecule has 2 aromatic carbocycles. The van der Waals surface area contributed by atoms with Gasteiger partial charge in [-0.25, -0.2) is 0 Å². The molecular formula is C32H51O3P. The van der Waals surface area contributed by atoms with Gasteiger partial charge < -0.3 is 14.2 Å². The lowest BCUT2D eigenvalue weighted by molar-refractivity contribution is 0.100. The normalized spacial score (nSPS) is 14.2. The average molecular weight is 515 g/mol. The van der Waals surface area contributed by atoms with Crippen LogP contribution in [-0.4, -0.2) is 44.4 Å². The van der Waals surface area contributed by atoms with E-state index in [9.17, 15) is 0 Å². The first-order valence-corrected chi connectivity index (χ1v) is 16.0. The maximum Gasteiger partial charge on any atom is 0.119 e. The molecule has 0 spiro atoms. The summed E-state index contributed by atoms with van der Waals surface area (Å²) in [5.74, 6) is 1.93. The lowest BCUT2D eigenvalue weighted by Crippen LogP contribution is -2.26. The summed E-state index contributed by atoms with van der Waals surface area (Å²) in [7, 11) is 0.0696. The Balaban J connectivity index is 2.00. The van der Waals surface area contributed by atoms with E-state index in [1.54, 1.807) is 0 Å². The van der Waals surface area contributed by atoms with Crippen LogP contribution in [0.5, 0.6) is 11.5 Å². The summed E-state index contributed by atoms with van der Waals surface area (Å²) in [6.07, 6.45) is 10.9. The highest BCUT2D eigenvalue weighted by Crippen LogP contribution is 2.47. The largest absolute Gasteiger partial charge is 0.494 e. The molecule has 3 nitrogen and oxygen atoms in total. The summed E-state index contributed by atoms with van der Waals surface area (Å²) in [4.78, 5) is 0. The number of para-hydroxylation sites is 2. The van der Waals surface area contributed by atoms with Crippen LogP contribution >= 0.6 is 7.92 Å². The summed E-state index contributed by atoms with van der Waals surface area (Å²) in [5.41, 5.74) is 0.268. The molecule has 4 heteroatoms. The summed E-state index contributed by atoms with van der Waals surface area (Å²) in [6.45, 7) is 14.9. The first-order chi connectivity index (χ1) is 17.3. The van der Waals surface area contributed by atoms with E-state index in [2.05, 4.69) is 46.5 Å². The van der Waals surface area contributed by atoms with Gasteiger partial charge in [0, 0.05) is 13.2 Å². The zero-order valence-electron chi connectivity index (χ0n) is 23.6. The highest BCUT2D eigenvalue weighted by Gasteiger charge is 2.29. The van der Waals surface area contributed by atoms with Gasteiger partial charge in [-0.3, -0.25) is 0 Å². The first-order valence-electron chi connectivity index (χ1n) is 14.0. The molecule has 2 unspecified atom stereocenters. The molecule has 36 heavy (non-hydrogen) atoms. The van der Waals surface area contributed by atoms with Crippen LogP contribution in [0.2, 0.25) is 0 Å². The molecular weight excluding hydrogens is 463 g/mol. The Morgan fingerprint density at radius 1 is 0.639 bits per heavy atom. The van der Waals surface area contributed by atoms with Gasteiger partial charge in [-0.1, -0.05) is 63.6 Å². The highest BCUT2D eigenvalue weighted by molar-refractivity contribution is 7.58. The Morgan fingerprint density at radius 3 is 1.72 bits per heavy atom. The summed E-state index contributed by atoms with van der Waals surface area (Å²) in [5, 5.41) is 0.447. The van der Waals surface area contributed by atoms with Crippen molar-refractivity contribution in [1.82, 2.24) is 0 Å². The Morgan fingerprint density at radius 2 is 1.17 bits per heavy atom. The predicted octanol–water partition coefficient (Wildman–Crippen LogP) is 9.20. The molecule has 0 aliphatic carbocycles. The third-order valence-electron chi connectivity index (χ3n) is 7.30. The molecule has 0 radical (unpaired) electrons. The molecule has 0 saturated carbocycles. The zero-order chi connectivity index (χ0) is 26.1. The van der Waals surface area contributed by atoms with Gasteiger partial charge in [0.1, 0.15) is 11.5 Å². The third-order valence-corrected chi connectivity index (χ3v) is 10.6. The number of hydrogen-bond acceptors (Lipinski definition) is 3. The van der Waals surface area contributed by atoms with Crippen LogP contribution in [-0.2, 0) is 4.74 Å². The average Bonchev–Trinajstić information content (AvgIpc) is 2.87. The fraction of sp³-hybridized carbons (Fsp3) is 0.625. The second-order valence-electron chi connectivity index (χ2n) is 11.0. The van der Waals surface area contributed by atoms with Gasteiger partial charge in [-0.15, -0.1) is 7.92 Å². The number of ether oxygens (including phenoxy) is 3. The predicted molar refractivity (Wildman–Crippen MR) is 157 cm³/mol. The minimum absolute atomic E-state index is 0.0696. The molecule has 202 valence electrons.